The van der Waals surface area contributed by atoms with Gasteiger partial charge in [0.25, 0.3) is 0 Å². The molecule has 0 bridgehead atoms. The summed E-state index contributed by atoms with van der Waals surface area (Å²) in [5, 5.41) is 4.04. The summed E-state index contributed by atoms with van der Waals surface area (Å²) in [4.78, 5) is 0. The first-order valence-electron chi connectivity index (χ1n) is 1.44. The van der Waals surface area contributed by atoms with Crippen molar-refractivity contribution in [1.29, 1.82) is 0 Å². The van der Waals surface area contributed by atoms with Crippen LogP contribution in [0.3, 0.4) is 0 Å². The van der Waals surface area contributed by atoms with E-state index in [1.807, 2.05) is 10.8 Å². The molecule has 0 aliphatic heterocycles. The fourth-order valence-corrected chi connectivity index (χ4v) is 1.80. The molecule has 0 N–H and O–H groups in total. The minimum atomic E-state index is 1.12. The smallest absolute Gasteiger partial charge is 0.0731 e. The molecule has 6 heavy (non-hydrogen) atoms. The summed E-state index contributed by atoms with van der Waals surface area (Å²) < 4.78 is 1.12. The van der Waals surface area contributed by atoms with Gasteiger partial charge in [-0.25, -0.2) is 0 Å². The third kappa shape index (κ3) is 0.864. The van der Waals surface area contributed by atoms with Crippen LogP contribution in [0.5, 0.6) is 0 Å². The second-order valence-electron chi connectivity index (χ2n) is 0.774. The number of hydrogen-bond acceptors (Lipinski definition) is 2. The van der Waals surface area contributed by atoms with Crippen LogP contribution >= 0.6 is 22.7 Å². The molecule has 0 unspecified atom stereocenters. The van der Waals surface area contributed by atoms with E-state index in [4.69, 9.17) is 0 Å². The van der Waals surface area contributed by atoms with Crippen molar-refractivity contribution in [3.8, 4) is 0 Å². The van der Waals surface area contributed by atoms with Crippen LogP contribution in [0.4, 0.5) is 0 Å². The highest BCUT2D eigenvalue weighted by Crippen LogP contribution is 2.04. The zero-order valence-electron chi connectivity index (χ0n) is 2.92. The highest BCUT2D eigenvalue weighted by Gasteiger charge is 1.79. The molecule has 0 saturated heterocycles. The van der Waals surface area contributed by atoms with Crippen molar-refractivity contribution in [2.45, 2.75) is 0 Å². The third-order valence-electron chi connectivity index (χ3n) is 0.393. The van der Waals surface area contributed by atoms with Crippen LogP contribution in [0.25, 0.3) is 0 Å². The van der Waals surface area contributed by atoms with Crippen molar-refractivity contribution in [1.82, 2.24) is 0 Å². The third-order valence-corrected chi connectivity index (χ3v) is 2.72. The minimum absolute atomic E-state index is 1.12. The van der Waals surface area contributed by atoms with E-state index in [0.717, 1.165) is 3.14 Å². The summed E-state index contributed by atoms with van der Waals surface area (Å²) in [6.07, 6.45) is 0. The van der Waals surface area contributed by atoms with E-state index in [1.54, 1.807) is 22.7 Å². The second kappa shape index (κ2) is 1.82. The molecule has 0 aliphatic rings. The van der Waals surface area contributed by atoms with Gasteiger partial charge in [0.2, 0.25) is 0 Å². The van der Waals surface area contributed by atoms with Crippen LogP contribution in [0.2, 0.25) is 0 Å². The lowest BCUT2D eigenvalue weighted by molar-refractivity contribution is 2.38. The molecule has 0 fully saturated rings. The lowest BCUT2D eigenvalue weighted by Gasteiger charge is -1.36. The predicted molar refractivity (Wildman–Crippen MR) is 34.2 cm³/mol. The lowest BCUT2D eigenvalue weighted by atomic mass is 11.2. The maximum absolute atomic E-state index is 4.07. The highest BCUT2D eigenvalue weighted by molar-refractivity contribution is 7.58. The second-order valence-corrected chi connectivity index (χ2v) is 3.92. The largest absolute Gasteiger partial charge is 0.331 e. The van der Waals surface area contributed by atoms with Crippen molar-refractivity contribution in [3.63, 3.8) is 0 Å². The Bertz CT molecular complexity index is 144. The average molecular weight is 135 g/mol. The van der Waals surface area contributed by atoms with E-state index < -0.39 is 0 Å². The van der Waals surface area contributed by atoms with Crippen molar-refractivity contribution in [3.05, 3.63) is 13.9 Å². The molecule has 1 heterocycles. The van der Waals surface area contributed by atoms with E-state index in [0.29, 0.717) is 0 Å². The fourth-order valence-electron chi connectivity index (χ4n) is 0.200. The first-order valence-corrected chi connectivity index (χ1v) is 3.64. The average Bonchev–Trinajstić information content (AvgIpc) is 1.86. The van der Waals surface area contributed by atoms with E-state index in [9.17, 15) is 0 Å². The van der Waals surface area contributed by atoms with Crippen molar-refractivity contribution < 1.29 is 0 Å². The Morgan fingerprint density at radius 2 is 1.83 bits per heavy atom. The molecule has 0 amide bonds. The van der Waals surface area contributed by atoms with E-state index in [1.165, 1.54) is 0 Å². The molecule has 1 aromatic heterocycles. The molecule has 3 heteroatoms. The summed E-state index contributed by atoms with van der Waals surface area (Å²) in [5.74, 6) is 0. The predicted octanol–water partition coefficient (Wildman–Crippen LogP) is 1.62. The van der Waals surface area contributed by atoms with Gasteiger partial charge in [-0.2, -0.15) is 0 Å². The first kappa shape index (κ1) is 4.43. The maximum atomic E-state index is 4.07. The monoisotopic (exact) mass is 135 g/mol. The molecule has 0 aromatic carbocycles. The lowest BCUT2D eigenvalue weighted by Crippen LogP contribution is -1.21. The van der Waals surface area contributed by atoms with Gasteiger partial charge in [-0.05, 0) is 0 Å². The normalized spacial score (nSPS) is 8.67. The van der Waals surface area contributed by atoms with Crippen LogP contribution in [-0.4, -0.2) is 0 Å². The zero-order chi connectivity index (χ0) is 4.41. The van der Waals surface area contributed by atoms with Gasteiger partial charge in [-0.15, -0.1) is 0 Å². The van der Waals surface area contributed by atoms with Gasteiger partial charge >= 0.3 is 3.14 Å². The summed E-state index contributed by atoms with van der Waals surface area (Å²) in [7, 11) is 0. The summed E-state index contributed by atoms with van der Waals surface area (Å²) in [6, 6.07) is 0. The molecule has 1 rings (SSSR count). The Morgan fingerprint density at radius 1 is 1.33 bits per heavy atom. The molecule has 0 nitrogen and oxygen atoms in total. The molecule has 0 aliphatic carbocycles. The molecule has 0 spiro atoms. The number of hydrogen-bond donors (Lipinski definition) is 0. The van der Waals surface area contributed by atoms with Gasteiger partial charge in [0.15, 0.2) is 12.2 Å². The van der Waals surface area contributed by atoms with Crippen LogP contribution in [-0.2, 0) is 12.2 Å². The Hall–Kier alpha value is 0.270. The summed E-state index contributed by atoms with van der Waals surface area (Å²) in [6.45, 7) is 0. The van der Waals surface area contributed by atoms with Gasteiger partial charge in [0, 0.05) is 10.8 Å². The molecule has 32 valence electrons. The van der Waals surface area contributed by atoms with Crippen molar-refractivity contribution >= 4 is 34.9 Å². The van der Waals surface area contributed by atoms with E-state index >= 15 is 0 Å². The molecule has 1 aromatic rings. The maximum Gasteiger partial charge on any atom is 0.331 e. The quantitative estimate of drug-likeness (QED) is 0.288. The minimum Gasteiger partial charge on any atom is -0.0731 e. The SMILES string of the molecule is [SH+]=c1sccs1. The van der Waals surface area contributed by atoms with Gasteiger partial charge in [-0.1, -0.05) is 22.7 Å². The Kier molecular flexibility index (Phi) is 1.34. The molecular formula is C3H3S3+. The van der Waals surface area contributed by atoms with Crippen molar-refractivity contribution in [2.75, 3.05) is 0 Å². The number of rotatable bonds is 0. The molecule has 0 atom stereocenters. The van der Waals surface area contributed by atoms with Crippen LogP contribution in [0.15, 0.2) is 10.8 Å². The Morgan fingerprint density at radius 3 is 2.00 bits per heavy atom. The van der Waals surface area contributed by atoms with Crippen molar-refractivity contribution in [2.24, 2.45) is 0 Å². The molecular weight excluding hydrogens is 132 g/mol. The van der Waals surface area contributed by atoms with Crippen LogP contribution in [0, 0.1) is 3.14 Å². The fraction of sp³-hybridized carbons (Fsp3) is 0. The van der Waals surface area contributed by atoms with Gasteiger partial charge < -0.3 is 0 Å². The Labute approximate surface area is 49.1 Å². The van der Waals surface area contributed by atoms with Crippen LogP contribution < -0.4 is 0 Å². The Balaban J connectivity index is 3.41. The summed E-state index contributed by atoms with van der Waals surface area (Å²) >= 11 is 7.39. The van der Waals surface area contributed by atoms with E-state index in [-0.39, 0.29) is 0 Å². The topological polar surface area (TPSA) is 0 Å². The molecule has 0 radical (unpaired) electrons. The standard InChI is InChI=1S/C3H2S3/c4-3-5-1-2-6-3/h1-2H/p+1. The van der Waals surface area contributed by atoms with Crippen LogP contribution in [0.1, 0.15) is 0 Å². The highest BCUT2D eigenvalue weighted by atomic mass is 32.2. The van der Waals surface area contributed by atoms with E-state index in [2.05, 4.69) is 12.2 Å². The summed E-state index contributed by atoms with van der Waals surface area (Å²) in [5.41, 5.74) is 0. The molecule has 0 saturated carbocycles. The first-order chi connectivity index (χ1) is 2.89. The van der Waals surface area contributed by atoms with Gasteiger partial charge in [0.1, 0.15) is 0 Å². The van der Waals surface area contributed by atoms with Gasteiger partial charge in [-0.3, -0.25) is 0 Å². The zero-order valence-corrected chi connectivity index (χ0v) is 5.45. The van der Waals surface area contributed by atoms with Gasteiger partial charge in [0.05, 0.1) is 0 Å². The number of thiol groups is 1.